The van der Waals surface area contributed by atoms with E-state index in [9.17, 15) is 13.2 Å². The number of nitrogens with one attached hydrogen (secondary N) is 2. The van der Waals surface area contributed by atoms with E-state index in [2.05, 4.69) is 14.7 Å². The fourth-order valence-electron chi connectivity index (χ4n) is 2.60. The molecule has 0 saturated heterocycles. The summed E-state index contributed by atoms with van der Waals surface area (Å²) in [6.07, 6.45) is 4.21. The Hall–Kier alpha value is -2.91. The standard InChI is InChI=1S/C16H14N4O4S/c21-16-19-13-5-4-12(9-14(13)24-16)25(22,23)17-7-6-11-10-20-8-2-1-3-15(20)18-11/h1-5,8-10,17H,6-7H2,(H,19,21). The van der Waals surface area contributed by atoms with Crippen molar-refractivity contribution in [2.45, 2.75) is 11.3 Å². The number of fused-ring (bicyclic) bond motifs is 2. The number of oxazole rings is 1. The average molecular weight is 358 g/mol. The van der Waals surface area contributed by atoms with Crippen molar-refractivity contribution in [1.29, 1.82) is 0 Å². The molecule has 2 N–H and O–H groups in total. The first kappa shape index (κ1) is 15.6. The first-order valence-electron chi connectivity index (χ1n) is 7.56. The van der Waals surface area contributed by atoms with Crippen LogP contribution in [-0.2, 0) is 16.4 Å². The van der Waals surface area contributed by atoms with Crippen LogP contribution in [0, 0.1) is 0 Å². The van der Waals surface area contributed by atoms with Gasteiger partial charge in [-0.2, -0.15) is 0 Å². The number of H-pyrrole nitrogens is 1. The molecule has 0 aliphatic heterocycles. The van der Waals surface area contributed by atoms with Gasteiger partial charge < -0.3 is 8.82 Å². The maximum Gasteiger partial charge on any atom is 0.417 e. The lowest BCUT2D eigenvalue weighted by Crippen LogP contribution is -2.26. The Morgan fingerprint density at radius 3 is 2.96 bits per heavy atom. The number of aromatic amines is 1. The largest absolute Gasteiger partial charge is 0.417 e. The molecule has 0 bridgehead atoms. The molecule has 0 saturated carbocycles. The molecule has 0 spiro atoms. The van der Waals surface area contributed by atoms with Gasteiger partial charge in [-0.15, -0.1) is 0 Å². The number of benzene rings is 1. The lowest BCUT2D eigenvalue weighted by Gasteiger charge is -2.05. The van der Waals surface area contributed by atoms with Crippen molar-refractivity contribution in [3.63, 3.8) is 0 Å². The van der Waals surface area contributed by atoms with Crippen LogP contribution in [0.25, 0.3) is 16.7 Å². The van der Waals surface area contributed by atoms with Gasteiger partial charge in [0.15, 0.2) is 5.58 Å². The zero-order valence-electron chi connectivity index (χ0n) is 13.0. The number of nitrogens with zero attached hydrogens (tertiary/aromatic N) is 2. The molecular weight excluding hydrogens is 344 g/mol. The Morgan fingerprint density at radius 2 is 2.12 bits per heavy atom. The molecular formula is C16H14N4O4S. The lowest BCUT2D eigenvalue weighted by molar-refractivity contribution is 0.553. The van der Waals surface area contributed by atoms with E-state index in [1.807, 2.05) is 35.0 Å². The van der Waals surface area contributed by atoms with Gasteiger partial charge in [0.2, 0.25) is 10.0 Å². The Morgan fingerprint density at radius 1 is 1.24 bits per heavy atom. The highest BCUT2D eigenvalue weighted by atomic mass is 32.2. The molecule has 0 aliphatic rings. The van der Waals surface area contributed by atoms with Gasteiger partial charge in [0.25, 0.3) is 0 Å². The summed E-state index contributed by atoms with van der Waals surface area (Å²) in [6.45, 7) is 0.210. The summed E-state index contributed by atoms with van der Waals surface area (Å²) in [5, 5.41) is 0. The zero-order valence-corrected chi connectivity index (χ0v) is 13.8. The molecule has 0 fully saturated rings. The topological polar surface area (TPSA) is 109 Å². The SMILES string of the molecule is O=c1[nH]c2ccc(S(=O)(=O)NCCc3cn4ccccc4n3)cc2o1. The van der Waals surface area contributed by atoms with Crippen LogP contribution in [0.5, 0.6) is 0 Å². The number of hydrogen-bond acceptors (Lipinski definition) is 5. The zero-order chi connectivity index (χ0) is 17.4. The van der Waals surface area contributed by atoms with Crippen LogP contribution in [0.2, 0.25) is 0 Å². The predicted octanol–water partition coefficient (Wildman–Crippen LogP) is 1.29. The highest BCUT2D eigenvalue weighted by molar-refractivity contribution is 7.89. The molecule has 25 heavy (non-hydrogen) atoms. The minimum Gasteiger partial charge on any atom is -0.408 e. The van der Waals surface area contributed by atoms with Crippen LogP contribution in [0.4, 0.5) is 0 Å². The smallest absolute Gasteiger partial charge is 0.408 e. The average Bonchev–Trinajstić information content (AvgIpc) is 3.15. The van der Waals surface area contributed by atoms with Crippen LogP contribution in [0.15, 0.2) is 62.9 Å². The Kier molecular flexibility index (Phi) is 3.66. The molecule has 3 heterocycles. The molecule has 3 aromatic heterocycles. The minimum absolute atomic E-state index is 0.0396. The first-order valence-corrected chi connectivity index (χ1v) is 9.05. The van der Waals surface area contributed by atoms with Gasteiger partial charge in [-0.05, 0) is 24.3 Å². The van der Waals surface area contributed by atoms with E-state index >= 15 is 0 Å². The third-order valence-electron chi connectivity index (χ3n) is 3.79. The van der Waals surface area contributed by atoms with Crippen molar-refractivity contribution in [3.05, 3.63) is 65.0 Å². The Balaban J connectivity index is 1.49. The van der Waals surface area contributed by atoms with E-state index in [-0.39, 0.29) is 17.0 Å². The van der Waals surface area contributed by atoms with Gasteiger partial charge in [-0.25, -0.2) is 22.9 Å². The normalized spacial score (nSPS) is 12.2. The van der Waals surface area contributed by atoms with E-state index in [1.54, 1.807) is 0 Å². The van der Waals surface area contributed by atoms with Crippen molar-refractivity contribution in [2.75, 3.05) is 6.54 Å². The van der Waals surface area contributed by atoms with E-state index < -0.39 is 15.8 Å². The van der Waals surface area contributed by atoms with Gasteiger partial charge in [0.1, 0.15) is 5.65 Å². The third kappa shape index (κ3) is 3.06. The van der Waals surface area contributed by atoms with E-state index in [4.69, 9.17) is 4.42 Å². The summed E-state index contributed by atoms with van der Waals surface area (Å²) >= 11 is 0. The molecule has 128 valence electrons. The number of hydrogen-bond donors (Lipinski definition) is 2. The molecule has 0 atom stereocenters. The van der Waals surface area contributed by atoms with Crippen molar-refractivity contribution >= 4 is 26.8 Å². The molecule has 0 radical (unpaired) electrons. The monoisotopic (exact) mass is 358 g/mol. The lowest BCUT2D eigenvalue weighted by atomic mass is 10.3. The van der Waals surface area contributed by atoms with Crippen molar-refractivity contribution in [1.82, 2.24) is 19.1 Å². The predicted molar refractivity (Wildman–Crippen MR) is 90.9 cm³/mol. The van der Waals surface area contributed by atoms with E-state index in [0.29, 0.717) is 11.9 Å². The summed E-state index contributed by atoms with van der Waals surface area (Å²) in [5.41, 5.74) is 2.26. The van der Waals surface area contributed by atoms with Crippen molar-refractivity contribution in [3.8, 4) is 0 Å². The van der Waals surface area contributed by atoms with Gasteiger partial charge in [0, 0.05) is 31.4 Å². The fraction of sp³-hybridized carbons (Fsp3) is 0.125. The highest BCUT2D eigenvalue weighted by Crippen LogP contribution is 2.16. The number of aromatic nitrogens is 3. The van der Waals surface area contributed by atoms with Crippen LogP contribution >= 0.6 is 0 Å². The van der Waals surface area contributed by atoms with Gasteiger partial charge in [-0.3, -0.25) is 4.98 Å². The van der Waals surface area contributed by atoms with Crippen LogP contribution in [-0.4, -0.2) is 29.3 Å². The summed E-state index contributed by atoms with van der Waals surface area (Å²) in [5.74, 6) is -0.621. The van der Waals surface area contributed by atoms with Gasteiger partial charge in [-0.1, -0.05) is 6.07 Å². The van der Waals surface area contributed by atoms with Crippen LogP contribution in [0.1, 0.15) is 5.69 Å². The van der Waals surface area contributed by atoms with Crippen molar-refractivity contribution in [2.24, 2.45) is 0 Å². The molecule has 8 nitrogen and oxygen atoms in total. The van der Waals surface area contributed by atoms with E-state index in [0.717, 1.165) is 11.3 Å². The minimum atomic E-state index is -3.70. The second-order valence-electron chi connectivity index (χ2n) is 5.52. The fourth-order valence-corrected chi connectivity index (χ4v) is 3.64. The maximum atomic E-state index is 12.4. The summed E-state index contributed by atoms with van der Waals surface area (Å²) in [7, 11) is -3.70. The molecule has 9 heteroatoms. The Labute approximate surface area is 142 Å². The molecule has 1 aromatic carbocycles. The molecule has 4 aromatic rings. The first-order chi connectivity index (χ1) is 12.0. The highest BCUT2D eigenvalue weighted by Gasteiger charge is 2.15. The quantitative estimate of drug-likeness (QED) is 0.559. The molecule has 0 unspecified atom stereocenters. The van der Waals surface area contributed by atoms with Gasteiger partial charge in [0.05, 0.1) is 16.1 Å². The van der Waals surface area contributed by atoms with E-state index in [1.165, 1.54) is 18.2 Å². The van der Waals surface area contributed by atoms with Gasteiger partial charge >= 0.3 is 5.76 Å². The number of imidazole rings is 1. The second kappa shape index (κ2) is 5.87. The van der Waals surface area contributed by atoms with Crippen molar-refractivity contribution < 1.29 is 12.8 Å². The Bertz CT molecular complexity index is 1190. The van der Waals surface area contributed by atoms with Crippen LogP contribution in [0.3, 0.4) is 0 Å². The maximum absolute atomic E-state index is 12.4. The number of pyridine rings is 1. The third-order valence-corrected chi connectivity index (χ3v) is 5.25. The van der Waals surface area contributed by atoms with Crippen LogP contribution < -0.4 is 10.5 Å². The second-order valence-corrected chi connectivity index (χ2v) is 7.29. The number of rotatable bonds is 5. The summed E-state index contributed by atoms with van der Waals surface area (Å²) in [6, 6.07) is 9.91. The molecule has 0 amide bonds. The summed E-state index contributed by atoms with van der Waals surface area (Å²) < 4.78 is 34.1. The number of sulfonamides is 1. The summed E-state index contributed by atoms with van der Waals surface area (Å²) in [4.78, 5) is 18.1. The molecule has 4 rings (SSSR count). The molecule has 0 aliphatic carbocycles.